The topological polar surface area (TPSA) is 35.9 Å². The summed E-state index contributed by atoms with van der Waals surface area (Å²) in [4.78, 5) is 4.71. The third kappa shape index (κ3) is 3.39. The summed E-state index contributed by atoms with van der Waals surface area (Å²) < 4.78 is 5.73. The average molecular weight is 304 g/mol. The highest BCUT2D eigenvalue weighted by molar-refractivity contribution is 5.60. The first kappa shape index (κ1) is 15.6. The molecule has 2 aliphatic rings. The molecule has 2 atom stereocenters. The lowest BCUT2D eigenvalue weighted by Crippen LogP contribution is -2.38. The predicted octanol–water partition coefficient (Wildman–Crippen LogP) is 2.81. The zero-order valence-electron chi connectivity index (χ0n) is 13.8. The Labute approximate surface area is 133 Å². The standard InChI is InChI=1S/C18H28N2O2/c1-14-5-3-4-9-20(14)10-8-17(21)15-6-7-16-18(13-15)22-12-11-19(16)2/h6-7,13-14,17,21H,3-5,8-12H2,1-2H3. The van der Waals surface area contributed by atoms with E-state index in [1.165, 1.54) is 25.8 Å². The number of hydrogen-bond acceptors (Lipinski definition) is 4. The van der Waals surface area contributed by atoms with Crippen molar-refractivity contribution in [2.24, 2.45) is 0 Å². The van der Waals surface area contributed by atoms with E-state index in [-0.39, 0.29) is 0 Å². The molecule has 0 amide bonds. The van der Waals surface area contributed by atoms with Crippen molar-refractivity contribution in [3.63, 3.8) is 0 Å². The van der Waals surface area contributed by atoms with Crippen LogP contribution in [0.15, 0.2) is 18.2 Å². The van der Waals surface area contributed by atoms with E-state index in [9.17, 15) is 5.11 Å². The molecule has 1 saturated heterocycles. The second-order valence-electron chi connectivity index (χ2n) is 6.68. The number of ether oxygens (including phenoxy) is 1. The van der Waals surface area contributed by atoms with Gasteiger partial charge in [0.25, 0.3) is 0 Å². The van der Waals surface area contributed by atoms with Crippen molar-refractivity contribution < 1.29 is 9.84 Å². The normalized spacial score (nSPS) is 23.8. The third-order valence-electron chi connectivity index (χ3n) is 5.09. The zero-order valence-corrected chi connectivity index (χ0v) is 13.8. The summed E-state index contributed by atoms with van der Waals surface area (Å²) in [7, 11) is 2.08. The molecule has 4 nitrogen and oxygen atoms in total. The van der Waals surface area contributed by atoms with Crippen LogP contribution in [0.1, 0.15) is 44.3 Å². The Kier molecular flexibility index (Phi) is 4.89. The zero-order chi connectivity index (χ0) is 15.5. The Morgan fingerprint density at radius 1 is 1.32 bits per heavy atom. The van der Waals surface area contributed by atoms with Crippen LogP contribution in [0.3, 0.4) is 0 Å². The number of likely N-dealkylation sites (tertiary alicyclic amines) is 1. The van der Waals surface area contributed by atoms with E-state index in [0.29, 0.717) is 12.6 Å². The van der Waals surface area contributed by atoms with Crippen LogP contribution < -0.4 is 9.64 Å². The van der Waals surface area contributed by atoms with E-state index in [4.69, 9.17) is 4.74 Å². The SMILES string of the molecule is CC1CCCCN1CCC(O)c1ccc2c(c1)OCCN2C. The molecular weight excluding hydrogens is 276 g/mol. The Bertz CT molecular complexity index is 506. The molecule has 0 radical (unpaired) electrons. The number of aliphatic hydroxyl groups excluding tert-OH is 1. The van der Waals surface area contributed by atoms with E-state index in [1.54, 1.807) is 0 Å². The van der Waals surface area contributed by atoms with Crippen molar-refractivity contribution in [3.8, 4) is 5.75 Å². The lowest BCUT2D eigenvalue weighted by Gasteiger charge is -2.34. The van der Waals surface area contributed by atoms with Gasteiger partial charge in [0.05, 0.1) is 18.3 Å². The maximum atomic E-state index is 10.5. The summed E-state index contributed by atoms with van der Waals surface area (Å²) >= 11 is 0. The van der Waals surface area contributed by atoms with Gasteiger partial charge in [0.1, 0.15) is 12.4 Å². The van der Waals surface area contributed by atoms with Gasteiger partial charge in [-0.15, -0.1) is 0 Å². The Hall–Kier alpha value is -1.26. The summed E-state index contributed by atoms with van der Waals surface area (Å²) in [5.74, 6) is 0.900. The van der Waals surface area contributed by atoms with Crippen LogP contribution in [0, 0.1) is 0 Å². The Balaban J connectivity index is 1.61. The minimum absolute atomic E-state index is 0.407. The van der Waals surface area contributed by atoms with Gasteiger partial charge in [0, 0.05) is 19.6 Å². The quantitative estimate of drug-likeness (QED) is 0.928. The van der Waals surface area contributed by atoms with E-state index >= 15 is 0 Å². The number of aliphatic hydroxyl groups is 1. The van der Waals surface area contributed by atoms with E-state index in [0.717, 1.165) is 36.5 Å². The van der Waals surface area contributed by atoms with Crippen molar-refractivity contribution in [2.75, 3.05) is 38.2 Å². The van der Waals surface area contributed by atoms with Gasteiger partial charge in [-0.3, -0.25) is 0 Å². The van der Waals surface area contributed by atoms with E-state index < -0.39 is 6.10 Å². The highest BCUT2D eigenvalue weighted by atomic mass is 16.5. The van der Waals surface area contributed by atoms with Gasteiger partial charge in [-0.2, -0.15) is 0 Å². The summed E-state index contributed by atoms with van der Waals surface area (Å²) in [5.41, 5.74) is 2.09. The fraction of sp³-hybridized carbons (Fsp3) is 0.667. The molecule has 2 unspecified atom stereocenters. The van der Waals surface area contributed by atoms with Crippen LogP contribution in [-0.2, 0) is 0 Å². The lowest BCUT2D eigenvalue weighted by atomic mass is 10.0. The number of hydrogen-bond donors (Lipinski definition) is 1. The van der Waals surface area contributed by atoms with Crippen LogP contribution in [0.2, 0.25) is 0 Å². The van der Waals surface area contributed by atoms with Crippen molar-refractivity contribution in [1.29, 1.82) is 0 Å². The first-order chi connectivity index (χ1) is 10.6. The van der Waals surface area contributed by atoms with Gasteiger partial charge >= 0.3 is 0 Å². The van der Waals surface area contributed by atoms with Gasteiger partial charge in [-0.25, -0.2) is 0 Å². The van der Waals surface area contributed by atoms with Crippen LogP contribution in [-0.4, -0.2) is 49.3 Å². The van der Waals surface area contributed by atoms with Crippen LogP contribution in [0.5, 0.6) is 5.75 Å². The fourth-order valence-corrected chi connectivity index (χ4v) is 3.53. The molecule has 4 heteroatoms. The Morgan fingerprint density at radius 2 is 2.18 bits per heavy atom. The molecule has 0 bridgehead atoms. The number of fused-ring (bicyclic) bond motifs is 1. The molecule has 122 valence electrons. The highest BCUT2D eigenvalue weighted by Gasteiger charge is 2.21. The maximum absolute atomic E-state index is 10.5. The van der Waals surface area contributed by atoms with Gasteiger partial charge in [0.15, 0.2) is 0 Å². The molecule has 1 aromatic carbocycles. The molecule has 3 rings (SSSR count). The minimum Gasteiger partial charge on any atom is -0.490 e. The first-order valence-electron chi connectivity index (χ1n) is 8.55. The second kappa shape index (κ2) is 6.88. The molecule has 0 saturated carbocycles. The lowest BCUT2D eigenvalue weighted by molar-refractivity contribution is 0.109. The average Bonchev–Trinajstić information content (AvgIpc) is 2.54. The second-order valence-corrected chi connectivity index (χ2v) is 6.68. The van der Waals surface area contributed by atoms with Gasteiger partial charge in [0.2, 0.25) is 0 Å². The number of benzene rings is 1. The smallest absolute Gasteiger partial charge is 0.143 e. The number of nitrogens with zero attached hydrogens (tertiary/aromatic N) is 2. The van der Waals surface area contributed by atoms with Gasteiger partial charge < -0.3 is 19.6 Å². The minimum atomic E-state index is -0.407. The summed E-state index contributed by atoms with van der Waals surface area (Å²) in [6, 6.07) is 6.77. The predicted molar refractivity (Wildman–Crippen MR) is 89.7 cm³/mol. The number of anilines is 1. The van der Waals surface area contributed by atoms with E-state index in [2.05, 4.69) is 29.8 Å². The molecule has 1 fully saturated rings. The molecular formula is C18H28N2O2. The van der Waals surface area contributed by atoms with E-state index in [1.807, 2.05) is 12.1 Å². The molecule has 2 heterocycles. The number of rotatable bonds is 4. The Morgan fingerprint density at radius 3 is 3.00 bits per heavy atom. The summed E-state index contributed by atoms with van der Waals surface area (Å²) in [5, 5.41) is 10.5. The molecule has 0 aromatic heterocycles. The van der Waals surface area contributed by atoms with Crippen molar-refractivity contribution in [3.05, 3.63) is 23.8 Å². The number of likely N-dealkylation sites (N-methyl/N-ethyl adjacent to an activating group) is 1. The third-order valence-corrected chi connectivity index (χ3v) is 5.09. The summed E-state index contributed by atoms with van der Waals surface area (Å²) in [6.07, 6.45) is 4.30. The van der Waals surface area contributed by atoms with Crippen molar-refractivity contribution in [1.82, 2.24) is 4.90 Å². The van der Waals surface area contributed by atoms with Gasteiger partial charge in [-0.1, -0.05) is 12.5 Å². The number of piperidine rings is 1. The molecule has 0 aliphatic carbocycles. The molecule has 22 heavy (non-hydrogen) atoms. The highest BCUT2D eigenvalue weighted by Crippen LogP contribution is 2.34. The van der Waals surface area contributed by atoms with Gasteiger partial charge in [-0.05, 0) is 50.4 Å². The fourth-order valence-electron chi connectivity index (χ4n) is 3.53. The van der Waals surface area contributed by atoms with Crippen LogP contribution in [0.4, 0.5) is 5.69 Å². The van der Waals surface area contributed by atoms with Crippen molar-refractivity contribution in [2.45, 2.75) is 44.8 Å². The molecule has 1 aromatic rings. The maximum Gasteiger partial charge on any atom is 0.143 e. The molecule has 2 aliphatic heterocycles. The molecule has 1 N–H and O–H groups in total. The van der Waals surface area contributed by atoms with Crippen LogP contribution >= 0.6 is 0 Å². The van der Waals surface area contributed by atoms with Crippen LogP contribution in [0.25, 0.3) is 0 Å². The van der Waals surface area contributed by atoms with Crippen molar-refractivity contribution >= 4 is 5.69 Å². The largest absolute Gasteiger partial charge is 0.490 e. The first-order valence-corrected chi connectivity index (χ1v) is 8.55. The monoisotopic (exact) mass is 304 g/mol. The summed E-state index contributed by atoms with van der Waals surface area (Å²) in [6.45, 7) is 6.08. The molecule has 0 spiro atoms.